The molecule has 136 valence electrons. The lowest BCUT2D eigenvalue weighted by atomic mass is 9.82. The van der Waals surface area contributed by atoms with E-state index in [2.05, 4.69) is 10.4 Å². The highest BCUT2D eigenvalue weighted by molar-refractivity contribution is 5.28. The maximum atomic E-state index is 13.3. The van der Waals surface area contributed by atoms with Crippen LogP contribution in [0.3, 0.4) is 0 Å². The van der Waals surface area contributed by atoms with E-state index in [0.717, 1.165) is 35.4 Å². The van der Waals surface area contributed by atoms with E-state index in [-0.39, 0.29) is 18.0 Å². The normalized spacial score (nSPS) is 17.0. The maximum Gasteiger partial charge on any atom is 0.123 e. The molecular weight excluding hydrogens is 321 g/mol. The molecule has 0 saturated carbocycles. The average molecular weight is 347 g/mol. The summed E-state index contributed by atoms with van der Waals surface area (Å²) in [5.74, 6) is -0.220. The van der Waals surface area contributed by atoms with Crippen molar-refractivity contribution in [2.45, 2.75) is 45.3 Å². The molecule has 1 aliphatic heterocycles. The van der Waals surface area contributed by atoms with Crippen LogP contribution in [-0.4, -0.2) is 34.7 Å². The van der Waals surface area contributed by atoms with Gasteiger partial charge in [-0.15, -0.1) is 0 Å². The second kappa shape index (κ2) is 7.64. The van der Waals surface area contributed by atoms with Crippen LogP contribution in [0.15, 0.2) is 24.3 Å². The smallest absolute Gasteiger partial charge is 0.123 e. The minimum Gasteiger partial charge on any atom is -0.394 e. The van der Waals surface area contributed by atoms with Crippen molar-refractivity contribution in [1.82, 2.24) is 15.1 Å². The van der Waals surface area contributed by atoms with Crippen molar-refractivity contribution < 1.29 is 14.2 Å². The fourth-order valence-electron chi connectivity index (χ4n) is 3.62. The highest BCUT2D eigenvalue weighted by Gasteiger charge is 2.34. The Balaban J connectivity index is 1.83. The van der Waals surface area contributed by atoms with Gasteiger partial charge in [0.25, 0.3) is 0 Å². The fourth-order valence-corrected chi connectivity index (χ4v) is 3.62. The van der Waals surface area contributed by atoms with Gasteiger partial charge in [0.1, 0.15) is 5.82 Å². The summed E-state index contributed by atoms with van der Waals surface area (Å²) in [6.07, 6.45) is 1.70. The molecule has 0 atom stereocenters. The van der Waals surface area contributed by atoms with E-state index in [9.17, 15) is 4.39 Å². The molecule has 2 N–H and O–H groups in total. The van der Waals surface area contributed by atoms with Gasteiger partial charge in [-0.3, -0.25) is 4.68 Å². The van der Waals surface area contributed by atoms with E-state index in [1.807, 2.05) is 30.7 Å². The van der Waals surface area contributed by atoms with E-state index in [4.69, 9.17) is 9.84 Å². The van der Waals surface area contributed by atoms with Gasteiger partial charge in [0.05, 0.1) is 18.8 Å². The minimum absolute atomic E-state index is 0.0751. The molecule has 1 saturated heterocycles. The third kappa shape index (κ3) is 3.76. The molecule has 1 aromatic heterocycles. The number of hydrogen-bond acceptors (Lipinski definition) is 4. The summed E-state index contributed by atoms with van der Waals surface area (Å²) in [6, 6.07) is 6.76. The second-order valence-electron chi connectivity index (χ2n) is 6.65. The first kappa shape index (κ1) is 18.0. The third-order valence-corrected chi connectivity index (χ3v) is 5.19. The third-order valence-electron chi connectivity index (χ3n) is 5.19. The molecule has 1 aliphatic rings. The van der Waals surface area contributed by atoms with Crippen LogP contribution in [0.25, 0.3) is 0 Å². The molecule has 1 aromatic carbocycles. The molecule has 2 aromatic rings. The number of aromatic nitrogens is 2. The summed E-state index contributed by atoms with van der Waals surface area (Å²) in [7, 11) is 0. The zero-order valence-corrected chi connectivity index (χ0v) is 14.9. The number of benzene rings is 1. The molecular formula is C19H26FN3O2. The number of hydrogen-bond donors (Lipinski definition) is 2. The Labute approximate surface area is 147 Å². The fraction of sp³-hybridized carbons (Fsp3) is 0.526. The molecule has 2 heterocycles. The summed E-state index contributed by atoms with van der Waals surface area (Å²) < 4.78 is 20.7. The first-order chi connectivity index (χ1) is 12.1. The van der Waals surface area contributed by atoms with Crippen LogP contribution in [0.1, 0.15) is 35.4 Å². The molecule has 5 nitrogen and oxygen atoms in total. The first-order valence-electron chi connectivity index (χ1n) is 8.78. The molecule has 0 amide bonds. The van der Waals surface area contributed by atoms with Crippen LogP contribution in [0.2, 0.25) is 0 Å². The van der Waals surface area contributed by atoms with Crippen LogP contribution < -0.4 is 5.32 Å². The van der Waals surface area contributed by atoms with Gasteiger partial charge in [0.15, 0.2) is 0 Å². The number of aliphatic hydroxyl groups excluding tert-OH is 1. The van der Waals surface area contributed by atoms with E-state index in [1.54, 1.807) is 0 Å². The Morgan fingerprint density at radius 1 is 1.24 bits per heavy atom. The SMILES string of the molecule is Cc1nn(CCO)c(C)c1CNC1(c2ccc(F)cc2)CCOCC1. The predicted octanol–water partition coefficient (Wildman–Crippen LogP) is 2.43. The largest absolute Gasteiger partial charge is 0.394 e. The molecule has 0 unspecified atom stereocenters. The maximum absolute atomic E-state index is 13.3. The lowest BCUT2D eigenvalue weighted by Crippen LogP contribution is -2.46. The predicted molar refractivity (Wildman–Crippen MR) is 93.8 cm³/mol. The molecule has 0 aliphatic carbocycles. The van der Waals surface area contributed by atoms with Crippen LogP contribution in [0, 0.1) is 19.7 Å². The monoisotopic (exact) mass is 347 g/mol. The van der Waals surface area contributed by atoms with Crippen LogP contribution in [0.4, 0.5) is 4.39 Å². The Bertz CT molecular complexity index is 706. The first-order valence-corrected chi connectivity index (χ1v) is 8.78. The van der Waals surface area contributed by atoms with Gasteiger partial charge in [-0.25, -0.2) is 4.39 Å². The van der Waals surface area contributed by atoms with E-state index < -0.39 is 0 Å². The number of nitrogens with one attached hydrogen (secondary N) is 1. The number of nitrogens with zero attached hydrogens (tertiary/aromatic N) is 2. The average Bonchev–Trinajstić information content (AvgIpc) is 2.88. The lowest BCUT2D eigenvalue weighted by Gasteiger charge is -2.39. The van der Waals surface area contributed by atoms with Gasteiger partial charge in [-0.1, -0.05) is 12.1 Å². The van der Waals surface area contributed by atoms with E-state index in [1.165, 1.54) is 12.1 Å². The van der Waals surface area contributed by atoms with Gasteiger partial charge in [-0.2, -0.15) is 5.10 Å². The number of rotatable bonds is 6. The van der Waals surface area contributed by atoms with E-state index in [0.29, 0.717) is 26.3 Å². The molecule has 1 fully saturated rings. The molecule has 0 radical (unpaired) electrons. The zero-order valence-electron chi connectivity index (χ0n) is 14.9. The van der Waals surface area contributed by atoms with Crippen molar-refractivity contribution in [1.29, 1.82) is 0 Å². The van der Waals surface area contributed by atoms with E-state index >= 15 is 0 Å². The van der Waals surface area contributed by atoms with Crippen molar-refractivity contribution in [3.8, 4) is 0 Å². The summed E-state index contributed by atoms with van der Waals surface area (Å²) in [4.78, 5) is 0. The molecule has 3 rings (SSSR count). The Morgan fingerprint density at radius 3 is 2.56 bits per heavy atom. The van der Waals surface area contributed by atoms with Crippen LogP contribution >= 0.6 is 0 Å². The van der Waals surface area contributed by atoms with Crippen molar-refractivity contribution in [3.05, 3.63) is 52.6 Å². The summed E-state index contributed by atoms with van der Waals surface area (Å²) in [6.45, 7) is 6.65. The Kier molecular flexibility index (Phi) is 5.51. The number of aliphatic hydroxyl groups is 1. The van der Waals surface area contributed by atoms with Crippen LogP contribution in [0.5, 0.6) is 0 Å². The zero-order chi connectivity index (χ0) is 17.9. The van der Waals surface area contributed by atoms with Gasteiger partial charge < -0.3 is 15.2 Å². The minimum atomic E-state index is -0.220. The lowest BCUT2D eigenvalue weighted by molar-refractivity contribution is 0.0357. The summed E-state index contributed by atoms with van der Waals surface area (Å²) >= 11 is 0. The van der Waals surface area contributed by atoms with Crippen molar-refractivity contribution in [2.75, 3.05) is 19.8 Å². The Morgan fingerprint density at radius 2 is 1.92 bits per heavy atom. The molecule has 0 spiro atoms. The van der Waals surface area contributed by atoms with Gasteiger partial charge in [-0.05, 0) is 44.4 Å². The van der Waals surface area contributed by atoms with Gasteiger partial charge >= 0.3 is 0 Å². The topological polar surface area (TPSA) is 59.3 Å². The van der Waals surface area contributed by atoms with Crippen molar-refractivity contribution >= 4 is 0 Å². The highest BCUT2D eigenvalue weighted by Crippen LogP contribution is 2.33. The summed E-state index contributed by atoms with van der Waals surface area (Å²) in [5.41, 5.74) is 4.07. The summed E-state index contributed by atoms with van der Waals surface area (Å²) in [5, 5.41) is 17.4. The Hall–Kier alpha value is -1.76. The number of halogens is 1. The van der Waals surface area contributed by atoms with Crippen molar-refractivity contribution in [2.24, 2.45) is 0 Å². The van der Waals surface area contributed by atoms with Gasteiger partial charge in [0, 0.05) is 36.6 Å². The highest BCUT2D eigenvalue weighted by atomic mass is 19.1. The van der Waals surface area contributed by atoms with Crippen LogP contribution in [-0.2, 0) is 23.4 Å². The van der Waals surface area contributed by atoms with Crippen molar-refractivity contribution in [3.63, 3.8) is 0 Å². The number of ether oxygens (including phenoxy) is 1. The quantitative estimate of drug-likeness (QED) is 0.843. The second-order valence-corrected chi connectivity index (χ2v) is 6.65. The number of aryl methyl sites for hydroxylation is 1. The molecule has 0 bridgehead atoms. The molecule has 6 heteroatoms. The standard InChI is InChI=1S/C19H26FN3O2/c1-14-18(15(2)23(22-14)9-10-24)13-21-19(7-11-25-12-8-19)16-3-5-17(20)6-4-16/h3-6,21,24H,7-13H2,1-2H3. The molecule has 25 heavy (non-hydrogen) atoms. The van der Waals surface area contributed by atoms with Gasteiger partial charge in [0.2, 0.25) is 0 Å².